The second-order valence-electron chi connectivity index (χ2n) is 5.64. The van der Waals surface area contributed by atoms with Gasteiger partial charge in [-0.25, -0.2) is 0 Å². The highest BCUT2D eigenvalue weighted by molar-refractivity contribution is 5.85. The Labute approximate surface area is 132 Å². The third-order valence-corrected chi connectivity index (χ3v) is 4.16. The number of hydrogen-bond acceptors (Lipinski definition) is 3. The van der Waals surface area contributed by atoms with E-state index < -0.39 is 0 Å². The first-order chi connectivity index (χ1) is 9.74. The fourth-order valence-electron chi connectivity index (χ4n) is 2.99. The first kappa shape index (κ1) is 16.0. The van der Waals surface area contributed by atoms with Crippen molar-refractivity contribution in [2.24, 2.45) is 5.73 Å². The predicted molar refractivity (Wildman–Crippen MR) is 88.7 cm³/mol. The van der Waals surface area contributed by atoms with Gasteiger partial charge in [-0.05, 0) is 24.1 Å². The summed E-state index contributed by atoms with van der Waals surface area (Å²) in [5.41, 5.74) is 10.1. The van der Waals surface area contributed by atoms with Gasteiger partial charge in [0.05, 0.1) is 5.69 Å². The van der Waals surface area contributed by atoms with Crippen molar-refractivity contribution in [3.63, 3.8) is 0 Å². The molecule has 2 aromatic rings. The number of hydrogen-bond donors (Lipinski definition) is 1. The van der Waals surface area contributed by atoms with E-state index in [2.05, 4.69) is 53.2 Å². The van der Waals surface area contributed by atoms with Crippen molar-refractivity contribution < 1.29 is 0 Å². The Bertz CT molecular complexity index is 573. The minimum absolute atomic E-state index is 0. The van der Waals surface area contributed by atoms with Crippen LogP contribution in [0.1, 0.15) is 22.7 Å². The fourth-order valence-corrected chi connectivity index (χ4v) is 2.99. The van der Waals surface area contributed by atoms with Crippen LogP contribution in [0.25, 0.3) is 0 Å². The summed E-state index contributed by atoms with van der Waals surface area (Å²) in [4.78, 5) is 6.90. The molecular formula is C17H22ClN3. The topological polar surface area (TPSA) is 42.2 Å². The Morgan fingerprint density at radius 3 is 2.62 bits per heavy atom. The molecule has 0 saturated carbocycles. The number of nitrogens with zero attached hydrogens (tertiary/aromatic N) is 2. The van der Waals surface area contributed by atoms with Crippen LogP contribution in [0.4, 0.5) is 0 Å². The largest absolute Gasteiger partial charge is 0.326 e. The molecule has 0 bridgehead atoms. The molecule has 1 saturated heterocycles. The molecule has 2 N–H and O–H groups in total. The van der Waals surface area contributed by atoms with Crippen molar-refractivity contribution >= 4 is 12.4 Å². The molecule has 1 aliphatic rings. The Balaban J connectivity index is 0.00000161. The van der Waals surface area contributed by atoms with Crippen molar-refractivity contribution in [3.05, 3.63) is 65.5 Å². The number of halogens is 1. The van der Waals surface area contributed by atoms with Gasteiger partial charge in [0, 0.05) is 37.8 Å². The highest BCUT2D eigenvalue weighted by Gasteiger charge is 2.31. The highest BCUT2D eigenvalue weighted by atomic mass is 35.5. The number of nitrogens with two attached hydrogens (primary N) is 1. The summed E-state index contributed by atoms with van der Waals surface area (Å²) < 4.78 is 0. The molecule has 0 unspecified atom stereocenters. The van der Waals surface area contributed by atoms with Crippen LogP contribution in [0, 0.1) is 6.92 Å². The maximum absolute atomic E-state index is 6.33. The number of aromatic nitrogens is 1. The second kappa shape index (κ2) is 7.03. The standard InChI is InChI=1S/C17H21N3.ClH/c1-13-6-5-9-19-17(13)12-20-10-15(16(18)11-20)14-7-3-2-4-8-14;/h2-9,15-16H,10-12,18H2,1H3;1H/t15-,16+;/m0./s1. The molecule has 2 heterocycles. The lowest BCUT2D eigenvalue weighted by Crippen LogP contribution is -2.28. The number of aryl methyl sites for hydroxylation is 1. The van der Waals surface area contributed by atoms with Gasteiger partial charge in [-0.1, -0.05) is 36.4 Å². The van der Waals surface area contributed by atoms with Crippen molar-refractivity contribution in [1.29, 1.82) is 0 Å². The monoisotopic (exact) mass is 303 g/mol. The zero-order valence-corrected chi connectivity index (χ0v) is 13.1. The normalized spacial score (nSPS) is 22.0. The lowest BCUT2D eigenvalue weighted by Gasteiger charge is -2.16. The fraction of sp³-hybridized carbons (Fsp3) is 0.353. The molecule has 112 valence electrons. The van der Waals surface area contributed by atoms with E-state index in [1.54, 1.807) is 0 Å². The van der Waals surface area contributed by atoms with E-state index in [-0.39, 0.29) is 18.4 Å². The Hall–Kier alpha value is -1.42. The summed E-state index contributed by atoms with van der Waals surface area (Å²) in [6.07, 6.45) is 1.87. The van der Waals surface area contributed by atoms with Crippen LogP contribution in [0.15, 0.2) is 48.7 Å². The molecule has 1 aromatic heterocycles. The Morgan fingerprint density at radius 2 is 1.90 bits per heavy atom. The first-order valence-corrected chi connectivity index (χ1v) is 7.17. The predicted octanol–water partition coefficient (Wildman–Crippen LogP) is 2.74. The van der Waals surface area contributed by atoms with E-state index in [0.29, 0.717) is 5.92 Å². The number of likely N-dealkylation sites (tertiary alicyclic amines) is 1. The molecule has 0 radical (unpaired) electrons. The molecule has 0 spiro atoms. The summed E-state index contributed by atoms with van der Waals surface area (Å²) in [6, 6.07) is 14.9. The smallest absolute Gasteiger partial charge is 0.0573 e. The van der Waals surface area contributed by atoms with E-state index in [1.165, 1.54) is 11.1 Å². The lowest BCUT2D eigenvalue weighted by molar-refractivity contribution is 0.319. The van der Waals surface area contributed by atoms with Crippen molar-refractivity contribution in [1.82, 2.24) is 9.88 Å². The van der Waals surface area contributed by atoms with Crippen molar-refractivity contribution in [2.45, 2.75) is 25.4 Å². The average Bonchev–Trinajstić information content (AvgIpc) is 2.83. The van der Waals surface area contributed by atoms with E-state index in [1.807, 2.05) is 12.3 Å². The second-order valence-corrected chi connectivity index (χ2v) is 5.64. The first-order valence-electron chi connectivity index (χ1n) is 7.17. The minimum atomic E-state index is 0. The van der Waals surface area contributed by atoms with Gasteiger partial charge in [-0.2, -0.15) is 0 Å². The number of pyridine rings is 1. The zero-order chi connectivity index (χ0) is 13.9. The van der Waals surface area contributed by atoms with Gasteiger partial charge in [0.15, 0.2) is 0 Å². The van der Waals surface area contributed by atoms with E-state index >= 15 is 0 Å². The SMILES string of the molecule is Cc1cccnc1CN1C[C@@H](N)[C@H](c2ccccc2)C1.Cl. The molecule has 0 aliphatic carbocycles. The van der Waals surface area contributed by atoms with Crippen LogP contribution in [0.5, 0.6) is 0 Å². The zero-order valence-electron chi connectivity index (χ0n) is 12.3. The van der Waals surface area contributed by atoms with Gasteiger partial charge >= 0.3 is 0 Å². The van der Waals surface area contributed by atoms with Crippen LogP contribution in [0.2, 0.25) is 0 Å². The van der Waals surface area contributed by atoms with Gasteiger partial charge in [-0.3, -0.25) is 9.88 Å². The van der Waals surface area contributed by atoms with E-state index in [0.717, 1.165) is 25.3 Å². The van der Waals surface area contributed by atoms with Crippen molar-refractivity contribution in [2.75, 3.05) is 13.1 Å². The lowest BCUT2D eigenvalue weighted by atomic mass is 9.95. The molecule has 2 atom stereocenters. The molecular weight excluding hydrogens is 282 g/mol. The maximum atomic E-state index is 6.33. The van der Waals surface area contributed by atoms with Crippen molar-refractivity contribution in [3.8, 4) is 0 Å². The van der Waals surface area contributed by atoms with Gasteiger partial charge in [0.25, 0.3) is 0 Å². The number of rotatable bonds is 3. The van der Waals surface area contributed by atoms with Crippen LogP contribution in [0.3, 0.4) is 0 Å². The highest BCUT2D eigenvalue weighted by Crippen LogP contribution is 2.27. The summed E-state index contributed by atoms with van der Waals surface area (Å²) in [5.74, 6) is 0.431. The maximum Gasteiger partial charge on any atom is 0.0573 e. The molecule has 4 heteroatoms. The Morgan fingerprint density at radius 1 is 1.14 bits per heavy atom. The number of benzene rings is 1. The van der Waals surface area contributed by atoms with Crippen LogP contribution in [-0.2, 0) is 6.54 Å². The summed E-state index contributed by atoms with van der Waals surface area (Å²) in [5, 5.41) is 0. The van der Waals surface area contributed by atoms with Crippen LogP contribution in [-0.4, -0.2) is 29.0 Å². The van der Waals surface area contributed by atoms with Gasteiger partial charge in [0.1, 0.15) is 0 Å². The van der Waals surface area contributed by atoms with Gasteiger partial charge in [0.2, 0.25) is 0 Å². The van der Waals surface area contributed by atoms with Gasteiger partial charge < -0.3 is 5.73 Å². The van der Waals surface area contributed by atoms with E-state index in [4.69, 9.17) is 5.73 Å². The average molecular weight is 304 g/mol. The summed E-state index contributed by atoms with van der Waals surface area (Å²) >= 11 is 0. The molecule has 3 rings (SSSR count). The molecule has 1 aliphatic heterocycles. The third-order valence-electron chi connectivity index (χ3n) is 4.16. The third kappa shape index (κ3) is 3.62. The molecule has 3 nitrogen and oxygen atoms in total. The molecule has 1 fully saturated rings. The minimum Gasteiger partial charge on any atom is -0.326 e. The molecule has 1 aromatic carbocycles. The quantitative estimate of drug-likeness (QED) is 0.948. The molecule has 0 amide bonds. The van der Waals surface area contributed by atoms with E-state index in [9.17, 15) is 0 Å². The van der Waals surface area contributed by atoms with Gasteiger partial charge in [-0.15, -0.1) is 12.4 Å². The Kier molecular flexibility index (Phi) is 5.34. The summed E-state index contributed by atoms with van der Waals surface area (Å²) in [6.45, 7) is 4.97. The molecule has 21 heavy (non-hydrogen) atoms. The van der Waals surface area contributed by atoms with Crippen LogP contribution >= 0.6 is 12.4 Å². The summed E-state index contributed by atoms with van der Waals surface area (Å²) in [7, 11) is 0. The van der Waals surface area contributed by atoms with Crippen LogP contribution < -0.4 is 5.73 Å².